The van der Waals surface area contributed by atoms with Gasteiger partial charge < -0.3 is 0 Å². The largest absolute Gasteiger partial charge is 0.252 e. The molecule has 0 aromatic carbocycles. The molecule has 0 aliphatic heterocycles. The average Bonchev–Trinajstić information content (AvgIpc) is 1.68. The maximum Gasteiger partial charge on any atom is 0.128 e. The van der Waals surface area contributed by atoms with E-state index in [0.29, 0.717) is 5.16 Å². The molecular weight excluding hydrogens is 110 g/mol. The van der Waals surface area contributed by atoms with Crippen LogP contribution in [-0.4, -0.2) is 6.72 Å². The van der Waals surface area contributed by atoms with E-state index in [1.165, 1.54) is 0 Å². The highest BCUT2D eigenvalue weighted by molar-refractivity contribution is 6.29. The van der Waals surface area contributed by atoms with Crippen LogP contribution in [0.2, 0.25) is 0 Å². The van der Waals surface area contributed by atoms with E-state index in [4.69, 9.17) is 11.6 Å². The summed E-state index contributed by atoms with van der Waals surface area (Å²) >= 11 is 5.33. The molecule has 0 bridgehead atoms. The molecule has 0 unspecified atom stereocenters. The first-order valence-corrected chi connectivity index (χ1v) is 2.14. The Labute approximate surface area is 48.0 Å². The molecule has 0 atom stereocenters. The molecule has 0 aliphatic rings. The van der Waals surface area contributed by atoms with Crippen LogP contribution in [0.3, 0.4) is 0 Å². The minimum atomic E-state index is 0.370. The monoisotopic (exact) mass is 115 g/mol. The van der Waals surface area contributed by atoms with Gasteiger partial charge in [-0.15, -0.1) is 0 Å². The Balaban J connectivity index is 3.72. The zero-order valence-corrected chi connectivity index (χ0v) is 4.65. The molecule has 2 heteroatoms. The minimum absolute atomic E-state index is 0.370. The fraction of sp³-hybridized carbons (Fsp3) is 0. The second-order valence-electron chi connectivity index (χ2n) is 0.883. The zero-order valence-electron chi connectivity index (χ0n) is 3.89. The van der Waals surface area contributed by atoms with Crippen molar-refractivity contribution in [2.24, 2.45) is 4.99 Å². The molecule has 1 nitrogen and oxygen atoms in total. The van der Waals surface area contributed by atoms with Gasteiger partial charge >= 0.3 is 0 Å². The second-order valence-corrected chi connectivity index (χ2v) is 1.27. The van der Waals surface area contributed by atoms with Gasteiger partial charge in [0, 0.05) is 0 Å². The number of nitrogens with zero attached hydrogens (tertiary/aromatic N) is 1. The molecule has 7 heavy (non-hydrogen) atoms. The third kappa shape index (κ3) is 3.27. The van der Waals surface area contributed by atoms with E-state index < -0.39 is 0 Å². The maximum absolute atomic E-state index is 5.33. The van der Waals surface area contributed by atoms with Crippen LogP contribution in [0.15, 0.2) is 28.9 Å². The van der Waals surface area contributed by atoms with Crippen LogP contribution in [0.4, 0.5) is 0 Å². The van der Waals surface area contributed by atoms with Crippen LogP contribution in [0.5, 0.6) is 0 Å². The van der Waals surface area contributed by atoms with Crippen LogP contribution in [0.25, 0.3) is 0 Å². The van der Waals surface area contributed by atoms with Crippen LogP contribution in [0, 0.1) is 0 Å². The molecule has 0 fully saturated rings. The molecule has 0 heterocycles. The lowest BCUT2D eigenvalue weighted by atomic mass is 10.6. The van der Waals surface area contributed by atoms with Gasteiger partial charge in [-0.2, -0.15) is 0 Å². The molecule has 0 radical (unpaired) electrons. The molecule has 38 valence electrons. The van der Waals surface area contributed by atoms with Gasteiger partial charge in [-0.1, -0.05) is 24.3 Å². The number of hydrogen-bond donors (Lipinski definition) is 0. The van der Waals surface area contributed by atoms with Crippen molar-refractivity contribution in [1.29, 1.82) is 0 Å². The van der Waals surface area contributed by atoms with Crippen molar-refractivity contribution < 1.29 is 0 Å². The second kappa shape index (κ2) is 3.62. The van der Waals surface area contributed by atoms with E-state index in [1.54, 1.807) is 12.2 Å². The molecule has 0 aromatic rings. The summed E-state index contributed by atoms with van der Waals surface area (Å²) in [6, 6.07) is 0. The fourth-order valence-corrected chi connectivity index (χ4v) is 0.239. The molecule has 0 N–H and O–H groups in total. The van der Waals surface area contributed by atoms with Crippen molar-refractivity contribution in [3.05, 3.63) is 23.9 Å². The summed E-state index contributed by atoms with van der Waals surface area (Å²) in [6.45, 7) is 6.58. The van der Waals surface area contributed by atoms with Crippen molar-refractivity contribution >= 4 is 18.3 Å². The Morgan fingerprint density at radius 2 is 2.29 bits per heavy atom. The maximum atomic E-state index is 5.33. The molecule has 0 saturated carbocycles. The highest BCUT2D eigenvalue weighted by Gasteiger charge is 1.73. The van der Waals surface area contributed by atoms with E-state index in [2.05, 4.69) is 18.3 Å². The van der Waals surface area contributed by atoms with Crippen LogP contribution >= 0.6 is 11.6 Å². The van der Waals surface area contributed by atoms with E-state index in [-0.39, 0.29) is 0 Å². The number of aliphatic imine (C=N–C) groups is 1. The van der Waals surface area contributed by atoms with Crippen LogP contribution in [0.1, 0.15) is 0 Å². The summed E-state index contributed by atoms with van der Waals surface area (Å²) in [5.74, 6) is 0. The van der Waals surface area contributed by atoms with Gasteiger partial charge in [-0.05, 0) is 12.8 Å². The number of rotatable bonds is 2. The first-order valence-electron chi connectivity index (χ1n) is 1.76. The van der Waals surface area contributed by atoms with Gasteiger partial charge in [0.15, 0.2) is 0 Å². The number of hydrogen-bond acceptors (Lipinski definition) is 1. The Hall–Kier alpha value is -0.560. The van der Waals surface area contributed by atoms with E-state index in [0.717, 1.165) is 0 Å². The van der Waals surface area contributed by atoms with Crippen molar-refractivity contribution in [3.8, 4) is 0 Å². The van der Waals surface area contributed by atoms with Crippen molar-refractivity contribution in [3.63, 3.8) is 0 Å². The van der Waals surface area contributed by atoms with Crippen molar-refractivity contribution in [2.75, 3.05) is 0 Å². The lowest BCUT2D eigenvalue weighted by Crippen LogP contribution is -1.55. The summed E-state index contributed by atoms with van der Waals surface area (Å²) in [5, 5.41) is 0.370. The first kappa shape index (κ1) is 6.44. The van der Waals surface area contributed by atoms with Gasteiger partial charge in [0.05, 0.1) is 0 Å². The Morgan fingerprint density at radius 3 is 2.43 bits per heavy atom. The summed E-state index contributed by atoms with van der Waals surface area (Å²) in [6.07, 6.45) is 3.12. The highest BCUT2D eigenvalue weighted by atomic mass is 35.5. The van der Waals surface area contributed by atoms with Crippen LogP contribution in [-0.2, 0) is 0 Å². The molecule has 0 rings (SSSR count). The zero-order chi connectivity index (χ0) is 5.70. The lowest BCUT2D eigenvalue weighted by Gasteiger charge is -1.76. The summed E-state index contributed by atoms with van der Waals surface area (Å²) < 4.78 is 0. The summed E-state index contributed by atoms with van der Waals surface area (Å²) in [7, 11) is 0. The van der Waals surface area contributed by atoms with E-state index >= 15 is 0 Å². The molecule has 0 aromatic heterocycles. The Kier molecular flexibility index (Phi) is 3.33. The van der Waals surface area contributed by atoms with E-state index in [1.807, 2.05) is 0 Å². The third-order valence-corrected chi connectivity index (χ3v) is 0.652. The molecular formula is C5H6ClN. The predicted molar refractivity (Wildman–Crippen MR) is 33.7 cm³/mol. The Bertz CT molecular complexity index is 105. The van der Waals surface area contributed by atoms with Crippen molar-refractivity contribution in [2.45, 2.75) is 0 Å². The van der Waals surface area contributed by atoms with Gasteiger partial charge in [0.1, 0.15) is 5.16 Å². The van der Waals surface area contributed by atoms with Gasteiger partial charge in [-0.25, -0.2) is 0 Å². The normalized spacial score (nSPS) is 10.7. The van der Waals surface area contributed by atoms with Crippen LogP contribution < -0.4 is 0 Å². The van der Waals surface area contributed by atoms with Gasteiger partial charge in [0.2, 0.25) is 0 Å². The smallest absolute Gasteiger partial charge is 0.128 e. The molecule has 0 amide bonds. The highest BCUT2D eigenvalue weighted by Crippen LogP contribution is 1.99. The van der Waals surface area contributed by atoms with E-state index in [9.17, 15) is 0 Å². The number of halogens is 1. The quantitative estimate of drug-likeness (QED) is 0.296. The third-order valence-electron chi connectivity index (χ3n) is 0.406. The SMILES string of the molecule is C=CC=C(Cl)N=C. The Morgan fingerprint density at radius 1 is 1.71 bits per heavy atom. The summed E-state index contributed by atoms with van der Waals surface area (Å²) in [5.41, 5.74) is 0. The topological polar surface area (TPSA) is 12.4 Å². The van der Waals surface area contributed by atoms with Gasteiger partial charge in [0.25, 0.3) is 0 Å². The molecule has 0 saturated heterocycles. The first-order chi connectivity index (χ1) is 3.31. The summed E-state index contributed by atoms with van der Waals surface area (Å²) in [4.78, 5) is 3.38. The number of allylic oxidation sites excluding steroid dienone is 2. The minimum Gasteiger partial charge on any atom is -0.252 e. The van der Waals surface area contributed by atoms with Crippen molar-refractivity contribution in [1.82, 2.24) is 0 Å². The average molecular weight is 116 g/mol. The lowest BCUT2D eigenvalue weighted by molar-refractivity contribution is 1.55. The molecule has 0 aliphatic carbocycles. The standard InChI is InChI=1S/C5H6ClN/c1-3-4-5(6)7-2/h3-4H,1-2H2. The molecule has 0 spiro atoms. The predicted octanol–water partition coefficient (Wildman–Crippen LogP) is 1.95. The fourth-order valence-electron chi connectivity index (χ4n) is 0.150. The van der Waals surface area contributed by atoms with Gasteiger partial charge in [-0.3, -0.25) is 4.99 Å².